The Labute approximate surface area is 130 Å². The van der Waals surface area contributed by atoms with E-state index in [2.05, 4.69) is 37.9 Å². The second-order valence-corrected chi connectivity index (χ2v) is 6.24. The summed E-state index contributed by atoms with van der Waals surface area (Å²) in [4.78, 5) is 17.2. The zero-order valence-electron chi connectivity index (χ0n) is 14.4. The topological polar surface area (TPSA) is 44.8 Å². The molecule has 1 aliphatic rings. The highest BCUT2D eigenvalue weighted by atomic mass is 16.5. The number of hydrogen-bond donors (Lipinski definition) is 1. The van der Waals surface area contributed by atoms with Crippen molar-refractivity contribution in [2.45, 2.75) is 33.7 Å². The van der Waals surface area contributed by atoms with Crippen molar-refractivity contribution in [3.8, 4) is 0 Å². The van der Waals surface area contributed by atoms with E-state index in [-0.39, 0.29) is 17.9 Å². The van der Waals surface area contributed by atoms with Gasteiger partial charge in [0.25, 0.3) is 0 Å². The second kappa shape index (κ2) is 9.38. The van der Waals surface area contributed by atoms with Crippen molar-refractivity contribution in [3.05, 3.63) is 0 Å². The van der Waals surface area contributed by atoms with Crippen LogP contribution in [0.3, 0.4) is 0 Å². The Hall–Kier alpha value is -0.650. The first-order chi connectivity index (χ1) is 10.0. The van der Waals surface area contributed by atoms with Crippen molar-refractivity contribution < 1.29 is 9.53 Å². The Kier molecular flexibility index (Phi) is 8.22. The molecule has 1 heterocycles. The van der Waals surface area contributed by atoms with E-state index in [1.807, 2.05) is 11.9 Å². The number of amides is 1. The quantitative estimate of drug-likeness (QED) is 0.691. The van der Waals surface area contributed by atoms with Gasteiger partial charge in [-0.1, -0.05) is 27.7 Å². The maximum absolute atomic E-state index is 12.8. The highest BCUT2D eigenvalue weighted by Gasteiger charge is 2.35. The van der Waals surface area contributed by atoms with Gasteiger partial charge in [0.05, 0.1) is 19.1 Å². The third-order valence-corrected chi connectivity index (χ3v) is 4.25. The summed E-state index contributed by atoms with van der Waals surface area (Å²) in [5, 5.41) is 3.21. The molecule has 0 spiro atoms. The smallest absolute Gasteiger partial charge is 0.229 e. The molecule has 2 unspecified atom stereocenters. The molecular formula is C16H33N3O2. The predicted octanol–water partition coefficient (Wildman–Crippen LogP) is 1.05. The average Bonchev–Trinajstić information content (AvgIpc) is 2.94. The standard InChI is InChI=1S/C16H33N3O2/c1-6-18(7-2)8-9-19(10-13(3)4)16(20)14-11-21-12-15(14)17-5/h13-15,17H,6-12H2,1-5H3. The minimum atomic E-state index is -0.0366. The molecule has 5 heteroatoms. The molecule has 5 nitrogen and oxygen atoms in total. The van der Waals surface area contributed by atoms with Crippen molar-refractivity contribution in [1.82, 2.24) is 15.1 Å². The normalized spacial score (nSPS) is 22.2. The van der Waals surface area contributed by atoms with Gasteiger partial charge in [0.15, 0.2) is 0 Å². The van der Waals surface area contributed by atoms with Crippen LogP contribution in [0.15, 0.2) is 0 Å². The molecule has 2 atom stereocenters. The largest absolute Gasteiger partial charge is 0.379 e. The monoisotopic (exact) mass is 299 g/mol. The second-order valence-electron chi connectivity index (χ2n) is 6.24. The summed E-state index contributed by atoms with van der Waals surface area (Å²) in [6, 6.07) is 0.153. The van der Waals surface area contributed by atoms with Crippen LogP contribution >= 0.6 is 0 Å². The SMILES string of the molecule is CCN(CC)CCN(CC(C)C)C(=O)C1COCC1NC. The lowest BCUT2D eigenvalue weighted by Gasteiger charge is -2.31. The number of hydrogen-bond acceptors (Lipinski definition) is 4. The van der Waals surface area contributed by atoms with Crippen LogP contribution in [0.25, 0.3) is 0 Å². The van der Waals surface area contributed by atoms with Crippen LogP contribution in [0.1, 0.15) is 27.7 Å². The van der Waals surface area contributed by atoms with E-state index in [1.165, 1.54) is 0 Å². The third kappa shape index (κ3) is 5.57. The average molecular weight is 299 g/mol. The van der Waals surface area contributed by atoms with E-state index in [0.717, 1.165) is 32.7 Å². The molecule has 0 saturated carbocycles. The number of nitrogens with one attached hydrogen (secondary N) is 1. The summed E-state index contributed by atoms with van der Waals surface area (Å²) in [6.07, 6.45) is 0. The molecule has 1 rings (SSSR count). The summed E-state index contributed by atoms with van der Waals surface area (Å²) < 4.78 is 5.48. The maximum Gasteiger partial charge on any atom is 0.229 e. The van der Waals surface area contributed by atoms with Gasteiger partial charge in [-0.3, -0.25) is 4.79 Å². The molecule has 0 radical (unpaired) electrons. The minimum Gasteiger partial charge on any atom is -0.379 e. The van der Waals surface area contributed by atoms with Crippen molar-refractivity contribution in [1.29, 1.82) is 0 Å². The van der Waals surface area contributed by atoms with Gasteiger partial charge in [-0.15, -0.1) is 0 Å². The molecule has 1 N–H and O–H groups in total. The van der Waals surface area contributed by atoms with E-state index in [4.69, 9.17) is 4.74 Å². The van der Waals surface area contributed by atoms with Crippen molar-refractivity contribution >= 4 is 5.91 Å². The van der Waals surface area contributed by atoms with E-state index >= 15 is 0 Å². The molecule has 1 fully saturated rings. The Balaban J connectivity index is 2.65. The van der Waals surface area contributed by atoms with Crippen LogP contribution < -0.4 is 5.32 Å². The van der Waals surface area contributed by atoms with Gasteiger partial charge in [0.1, 0.15) is 0 Å². The summed E-state index contributed by atoms with van der Waals surface area (Å²) in [5.74, 6) is 0.694. The molecule has 0 aromatic carbocycles. The van der Waals surface area contributed by atoms with Gasteiger partial charge >= 0.3 is 0 Å². The molecular weight excluding hydrogens is 266 g/mol. The van der Waals surface area contributed by atoms with E-state index in [9.17, 15) is 4.79 Å². The highest BCUT2D eigenvalue weighted by Crippen LogP contribution is 2.17. The van der Waals surface area contributed by atoms with E-state index < -0.39 is 0 Å². The lowest BCUT2D eigenvalue weighted by atomic mass is 10.0. The maximum atomic E-state index is 12.8. The zero-order chi connectivity index (χ0) is 15.8. The number of rotatable bonds is 9. The summed E-state index contributed by atoms with van der Waals surface area (Å²) >= 11 is 0. The fraction of sp³-hybridized carbons (Fsp3) is 0.938. The fourth-order valence-electron chi connectivity index (χ4n) is 2.85. The van der Waals surface area contributed by atoms with Crippen LogP contribution in [0.2, 0.25) is 0 Å². The molecule has 0 aliphatic carbocycles. The van der Waals surface area contributed by atoms with Gasteiger partial charge in [-0.05, 0) is 26.1 Å². The molecule has 21 heavy (non-hydrogen) atoms. The molecule has 124 valence electrons. The Morgan fingerprint density at radius 3 is 2.43 bits per heavy atom. The fourth-order valence-corrected chi connectivity index (χ4v) is 2.85. The Morgan fingerprint density at radius 1 is 1.24 bits per heavy atom. The van der Waals surface area contributed by atoms with E-state index in [1.54, 1.807) is 0 Å². The summed E-state index contributed by atoms with van der Waals surface area (Å²) in [6.45, 7) is 14.5. The van der Waals surface area contributed by atoms with Crippen molar-refractivity contribution in [2.75, 3.05) is 53.0 Å². The lowest BCUT2D eigenvalue weighted by Crippen LogP contribution is -2.48. The molecule has 0 aromatic rings. The minimum absolute atomic E-state index is 0.0366. The zero-order valence-corrected chi connectivity index (χ0v) is 14.4. The number of ether oxygens (including phenoxy) is 1. The molecule has 1 saturated heterocycles. The van der Waals surface area contributed by atoms with Crippen LogP contribution in [0.5, 0.6) is 0 Å². The highest BCUT2D eigenvalue weighted by molar-refractivity contribution is 5.80. The first-order valence-electron chi connectivity index (χ1n) is 8.29. The Morgan fingerprint density at radius 2 is 1.90 bits per heavy atom. The van der Waals surface area contributed by atoms with Crippen LogP contribution in [0.4, 0.5) is 0 Å². The van der Waals surface area contributed by atoms with Crippen molar-refractivity contribution in [2.24, 2.45) is 11.8 Å². The predicted molar refractivity (Wildman–Crippen MR) is 86.4 cm³/mol. The van der Waals surface area contributed by atoms with Gasteiger partial charge in [0, 0.05) is 25.7 Å². The lowest BCUT2D eigenvalue weighted by molar-refractivity contribution is -0.136. The molecule has 1 aliphatic heterocycles. The number of likely N-dealkylation sites (N-methyl/N-ethyl adjacent to an activating group) is 2. The van der Waals surface area contributed by atoms with Gasteiger partial charge < -0.3 is 19.9 Å². The van der Waals surface area contributed by atoms with Gasteiger partial charge in [0.2, 0.25) is 5.91 Å². The first kappa shape index (κ1) is 18.4. The van der Waals surface area contributed by atoms with Crippen LogP contribution in [0, 0.1) is 11.8 Å². The number of carbonyl (C=O) groups excluding carboxylic acids is 1. The Bertz CT molecular complexity index is 306. The number of carbonyl (C=O) groups is 1. The van der Waals surface area contributed by atoms with E-state index in [0.29, 0.717) is 19.1 Å². The molecule has 1 amide bonds. The summed E-state index contributed by atoms with van der Waals surface area (Å²) in [7, 11) is 1.91. The number of nitrogens with zero attached hydrogens (tertiary/aromatic N) is 2. The van der Waals surface area contributed by atoms with Crippen LogP contribution in [-0.2, 0) is 9.53 Å². The first-order valence-corrected chi connectivity index (χ1v) is 8.29. The van der Waals surface area contributed by atoms with Gasteiger partial charge in [-0.25, -0.2) is 0 Å². The third-order valence-electron chi connectivity index (χ3n) is 4.25. The van der Waals surface area contributed by atoms with Crippen molar-refractivity contribution in [3.63, 3.8) is 0 Å². The van der Waals surface area contributed by atoms with Gasteiger partial charge in [-0.2, -0.15) is 0 Å². The van der Waals surface area contributed by atoms with Crippen LogP contribution in [-0.4, -0.2) is 74.7 Å². The molecule has 0 bridgehead atoms. The molecule has 0 aromatic heterocycles. The summed E-state index contributed by atoms with van der Waals surface area (Å²) in [5.41, 5.74) is 0.